The Bertz CT molecular complexity index is 1200. The smallest absolute Gasteiger partial charge is 0.163 e. The Morgan fingerprint density at radius 3 is 2.56 bits per heavy atom. The van der Waals surface area contributed by atoms with E-state index in [1.54, 1.807) is 17.9 Å². The maximum atomic E-state index is 13.5. The molecule has 34 heavy (non-hydrogen) atoms. The maximum Gasteiger partial charge on any atom is 0.163 e. The lowest BCUT2D eigenvalue weighted by Gasteiger charge is -2.25. The first kappa shape index (κ1) is 22.8. The van der Waals surface area contributed by atoms with Gasteiger partial charge in [0.1, 0.15) is 12.1 Å². The van der Waals surface area contributed by atoms with Gasteiger partial charge in [0, 0.05) is 30.8 Å². The summed E-state index contributed by atoms with van der Waals surface area (Å²) in [4.78, 5) is 21.1. The molecule has 7 nitrogen and oxygen atoms in total. The van der Waals surface area contributed by atoms with E-state index in [9.17, 15) is 9.18 Å². The molecule has 178 valence electrons. The third-order valence-electron chi connectivity index (χ3n) is 7.21. The number of nitrogens with zero attached hydrogens (tertiary/aromatic N) is 5. The van der Waals surface area contributed by atoms with Crippen LogP contribution in [0.15, 0.2) is 36.7 Å². The van der Waals surface area contributed by atoms with E-state index < -0.39 is 0 Å². The SMILES string of the molecule is CC(=O)c1c(C)nn(-c2cc(CC3C(C)C(c4ccc(F)cc4)NN3CC3CC3)ncn2)c1C. The van der Waals surface area contributed by atoms with Crippen LogP contribution in [0.25, 0.3) is 5.82 Å². The largest absolute Gasteiger partial charge is 0.294 e. The number of Topliss-reactive ketones (excluding diaryl/α,β-unsaturated/α-hetero) is 1. The summed E-state index contributed by atoms with van der Waals surface area (Å²) in [7, 11) is 0. The third-order valence-corrected chi connectivity index (χ3v) is 7.21. The highest BCUT2D eigenvalue weighted by atomic mass is 19.1. The van der Waals surface area contributed by atoms with Gasteiger partial charge in [0.2, 0.25) is 0 Å². The molecule has 3 atom stereocenters. The van der Waals surface area contributed by atoms with Crippen LogP contribution >= 0.6 is 0 Å². The van der Waals surface area contributed by atoms with E-state index in [0.29, 0.717) is 23.0 Å². The quantitative estimate of drug-likeness (QED) is 0.532. The minimum atomic E-state index is -0.216. The van der Waals surface area contributed by atoms with Crippen LogP contribution in [0.1, 0.15) is 65.7 Å². The van der Waals surface area contributed by atoms with Gasteiger partial charge >= 0.3 is 0 Å². The zero-order valence-electron chi connectivity index (χ0n) is 20.1. The summed E-state index contributed by atoms with van der Waals surface area (Å²) in [5, 5.41) is 6.93. The fraction of sp³-hybridized carbons (Fsp3) is 0.462. The molecule has 1 aromatic carbocycles. The van der Waals surface area contributed by atoms with Crippen molar-refractivity contribution >= 4 is 5.78 Å². The molecule has 1 N–H and O–H groups in total. The molecule has 2 aliphatic rings. The van der Waals surface area contributed by atoms with Crippen molar-refractivity contribution < 1.29 is 9.18 Å². The normalized spacial score (nSPS) is 22.9. The summed E-state index contributed by atoms with van der Waals surface area (Å²) in [6.07, 6.45) is 4.88. The van der Waals surface area contributed by atoms with Gasteiger partial charge in [-0.3, -0.25) is 4.79 Å². The van der Waals surface area contributed by atoms with E-state index in [1.165, 1.54) is 25.0 Å². The van der Waals surface area contributed by atoms with Crippen molar-refractivity contribution in [2.45, 2.75) is 59.0 Å². The molecule has 3 unspecified atom stereocenters. The summed E-state index contributed by atoms with van der Waals surface area (Å²) in [6.45, 7) is 8.56. The number of hydrazine groups is 1. The first-order chi connectivity index (χ1) is 16.3. The van der Waals surface area contributed by atoms with Crippen LogP contribution in [0.2, 0.25) is 0 Å². The summed E-state index contributed by atoms with van der Waals surface area (Å²) >= 11 is 0. The number of rotatable bonds is 7. The molecule has 1 aliphatic heterocycles. The van der Waals surface area contributed by atoms with E-state index in [0.717, 1.165) is 35.8 Å². The molecule has 5 rings (SSSR count). The summed E-state index contributed by atoms with van der Waals surface area (Å²) in [5.74, 6) is 1.49. The molecule has 3 heterocycles. The second-order valence-electron chi connectivity index (χ2n) is 9.77. The predicted octanol–water partition coefficient (Wildman–Crippen LogP) is 4.14. The van der Waals surface area contributed by atoms with Gasteiger partial charge < -0.3 is 0 Å². The number of nitrogens with one attached hydrogen (secondary N) is 1. The summed E-state index contributed by atoms with van der Waals surface area (Å²) in [5.41, 5.74) is 7.88. The molecule has 0 spiro atoms. The van der Waals surface area contributed by atoms with Crippen LogP contribution in [-0.4, -0.2) is 43.1 Å². The molecule has 2 aromatic heterocycles. The van der Waals surface area contributed by atoms with Crippen molar-refractivity contribution in [3.63, 3.8) is 0 Å². The lowest BCUT2D eigenvalue weighted by molar-refractivity contribution is 0.101. The number of ketones is 1. The number of aryl methyl sites for hydroxylation is 1. The lowest BCUT2D eigenvalue weighted by Crippen LogP contribution is -2.41. The second-order valence-corrected chi connectivity index (χ2v) is 9.77. The highest BCUT2D eigenvalue weighted by molar-refractivity contribution is 5.96. The lowest BCUT2D eigenvalue weighted by atomic mass is 9.88. The highest BCUT2D eigenvalue weighted by Crippen LogP contribution is 2.38. The van der Waals surface area contributed by atoms with Gasteiger partial charge in [0.25, 0.3) is 0 Å². The van der Waals surface area contributed by atoms with Gasteiger partial charge in [-0.2, -0.15) is 5.10 Å². The number of benzene rings is 1. The number of halogens is 1. The van der Waals surface area contributed by atoms with Crippen LogP contribution < -0.4 is 5.43 Å². The summed E-state index contributed by atoms with van der Waals surface area (Å²) in [6, 6.07) is 9.15. The Hall–Kier alpha value is -2.97. The molecule has 3 aromatic rings. The van der Waals surface area contributed by atoms with Crippen molar-refractivity contribution in [2.24, 2.45) is 11.8 Å². The predicted molar refractivity (Wildman–Crippen MR) is 127 cm³/mol. The number of hydrogen-bond acceptors (Lipinski definition) is 6. The second kappa shape index (κ2) is 9.00. The molecule has 0 bridgehead atoms. The van der Waals surface area contributed by atoms with E-state index in [2.05, 4.69) is 32.4 Å². The van der Waals surface area contributed by atoms with E-state index in [1.807, 2.05) is 32.0 Å². The molecule has 1 saturated heterocycles. The molecule has 0 amide bonds. The first-order valence-corrected chi connectivity index (χ1v) is 12.0. The zero-order valence-corrected chi connectivity index (χ0v) is 20.1. The molecule has 8 heteroatoms. The monoisotopic (exact) mass is 462 g/mol. The molecule has 1 saturated carbocycles. The van der Waals surface area contributed by atoms with E-state index in [-0.39, 0.29) is 23.7 Å². The molecular formula is C26H31FN6O. The van der Waals surface area contributed by atoms with Gasteiger partial charge in [0.05, 0.1) is 23.0 Å². The Balaban J connectivity index is 1.41. The Kier molecular flexibility index (Phi) is 6.04. The third kappa shape index (κ3) is 4.40. The van der Waals surface area contributed by atoms with Crippen molar-refractivity contribution in [1.82, 2.24) is 30.2 Å². The number of aromatic nitrogens is 4. The van der Waals surface area contributed by atoms with Gasteiger partial charge in [-0.05, 0) is 63.1 Å². The topological polar surface area (TPSA) is 75.9 Å². The van der Waals surface area contributed by atoms with Crippen molar-refractivity contribution in [2.75, 3.05) is 6.54 Å². The molecular weight excluding hydrogens is 431 g/mol. The molecule has 0 radical (unpaired) electrons. The first-order valence-electron chi connectivity index (χ1n) is 12.0. The number of hydrogen-bond donors (Lipinski definition) is 1. The number of carbonyl (C=O) groups excluding carboxylic acids is 1. The number of carbonyl (C=O) groups is 1. The van der Waals surface area contributed by atoms with E-state index in [4.69, 9.17) is 0 Å². The van der Waals surface area contributed by atoms with Crippen molar-refractivity contribution in [3.8, 4) is 5.82 Å². The van der Waals surface area contributed by atoms with Crippen molar-refractivity contribution in [1.29, 1.82) is 0 Å². The van der Waals surface area contributed by atoms with Crippen LogP contribution in [0.3, 0.4) is 0 Å². The fourth-order valence-electron chi connectivity index (χ4n) is 5.21. The van der Waals surface area contributed by atoms with Gasteiger partial charge in [-0.1, -0.05) is 19.1 Å². The Labute approximate surface area is 199 Å². The average molecular weight is 463 g/mol. The maximum absolute atomic E-state index is 13.5. The van der Waals surface area contributed by atoms with E-state index >= 15 is 0 Å². The van der Waals surface area contributed by atoms with Gasteiger partial charge in [0.15, 0.2) is 11.6 Å². The van der Waals surface area contributed by atoms with Gasteiger partial charge in [-0.25, -0.2) is 29.5 Å². The Morgan fingerprint density at radius 1 is 1.18 bits per heavy atom. The fourth-order valence-corrected chi connectivity index (χ4v) is 5.21. The minimum absolute atomic E-state index is 0.00365. The minimum Gasteiger partial charge on any atom is -0.294 e. The summed E-state index contributed by atoms with van der Waals surface area (Å²) < 4.78 is 15.2. The average Bonchev–Trinajstić information content (AvgIpc) is 3.50. The molecule has 2 fully saturated rings. The van der Waals surface area contributed by atoms with Crippen molar-refractivity contribution in [3.05, 3.63) is 70.7 Å². The van der Waals surface area contributed by atoms with Crippen LogP contribution in [0, 0.1) is 31.5 Å². The zero-order chi connectivity index (χ0) is 24.0. The Morgan fingerprint density at radius 2 is 1.91 bits per heavy atom. The standard InChI is InChI=1S/C26H31FN6O/c1-15-23(32(13-19-5-6-19)31-26(15)20-7-9-21(27)10-8-20)11-22-12-24(29-14-28-22)33-17(3)25(18(4)34)16(2)30-33/h7-10,12,14-15,19,23,26,31H,5-6,11,13H2,1-4H3. The van der Waals surface area contributed by atoms with Crippen LogP contribution in [-0.2, 0) is 6.42 Å². The van der Waals surface area contributed by atoms with Gasteiger partial charge in [-0.15, -0.1) is 0 Å². The van der Waals surface area contributed by atoms with Crippen LogP contribution in [0.5, 0.6) is 0 Å². The molecule has 1 aliphatic carbocycles. The highest BCUT2D eigenvalue weighted by Gasteiger charge is 2.41. The van der Waals surface area contributed by atoms with Crippen LogP contribution in [0.4, 0.5) is 4.39 Å².